The van der Waals surface area contributed by atoms with E-state index >= 15 is 0 Å². The second-order valence-corrected chi connectivity index (χ2v) is 2.76. The number of nitriles is 1. The Labute approximate surface area is 79.4 Å². The van der Waals surface area contributed by atoms with Crippen LogP contribution in [0.5, 0.6) is 5.75 Å². The number of halogens is 2. The predicted octanol–water partition coefficient (Wildman–Crippen LogP) is 1.58. The molecule has 1 aromatic rings. The monoisotopic (exact) mass is 198 g/mol. The summed E-state index contributed by atoms with van der Waals surface area (Å²) in [6, 6.07) is 2.36. The zero-order chi connectivity index (χ0) is 10.7. The molecule has 0 fully saturated rings. The average molecular weight is 198 g/mol. The lowest BCUT2D eigenvalue weighted by Gasteiger charge is -2.11. The molecule has 0 heterocycles. The van der Waals surface area contributed by atoms with Crippen molar-refractivity contribution in [1.29, 1.82) is 5.26 Å². The lowest BCUT2D eigenvalue weighted by molar-refractivity contribution is 0.411. The van der Waals surface area contributed by atoms with E-state index in [-0.39, 0.29) is 12.0 Å². The summed E-state index contributed by atoms with van der Waals surface area (Å²) in [5.41, 5.74) is 5.03. The molecule has 1 aromatic carbocycles. The molecular weight excluding hydrogens is 190 g/mol. The third kappa shape index (κ3) is 1.80. The summed E-state index contributed by atoms with van der Waals surface area (Å²) < 4.78 is 25.9. The van der Waals surface area contributed by atoms with Crippen LogP contribution in [0.1, 0.15) is 18.0 Å². The summed E-state index contributed by atoms with van der Waals surface area (Å²) in [6.45, 7) is 0. The average Bonchev–Trinajstić information content (AvgIpc) is 2.13. The molecule has 0 aliphatic heterocycles. The van der Waals surface area contributed by atoms with Gasteiger partial charge in [-0.3, -0.25) is 0 Å². The minimum absolute atomic E-state index is 0.187. The van der Waals surface area contributed by atoms with E-state index in [9.17, 15) is 13.9 Å². The summed E-state index contributed by atoms with van der Waals surface area (Å²) in [6.07, 6.45) is -0.187. The molecule has 0 aliphatic rings. The van der Waals surface area contributed by atoms with Crippen molar-refractivity contribution in [2.75, 3.05) is 0 Å². The van der Waals surface area contributed by atoms with E-state index in [4.69, 9.17) is 11.0 Å². The van der Waals surface area contributed by atoms with Gasteiger partial charge in [0.25, 0.3) is 0 Å². The maximum Gasteiger partial charge on any atom is 0.165 e. The Balaban J connectivity index is 3.19. The molecule has 0 saturated heterocycles. The molecule has 0 radical (unpaired) electrons. The molecule has 0 saturated carbocycles. The van der Waals surface area contributed by atoms with Gasteiger partial charge in [0.15, 0.2) is 11.6 Å². The van der Waals surface area contributed by atoms with Gasteiger partial charge in [0, 0.05) is 6.04 Å². The van der Waals surface area contributed by atoms with E-state index < -0.39 is 23.4 Å². The summed E-state index contributed by atoms with van der Waals surface area (Å²) in [5.74, 6) is -2.59. The molecule has 14 heavy (non-hydrogen) atoms. The smallest absolute Gasteiger partial charge is 0.165 e. The molecule has 1 atom stereocenters. The standard InChI is InChI=1S/C9H8F2N2O/c10-5-1-2-6(11)9(14)8(5)7(13)3-4-12/h1-2,7,14H,3,13H2/t7-/m0/s1. The number of phenols is 1. The van der Waals surface area contributed by atoms with Crippen molar-refractivity contribution in [3.63, 3.8) is 0 Å². The molecule has 0 unspecified atom stereocenters. The predicted molar refractivity (Wildman–Crippen MR) is 45.2 cm³/mol. The maximum absolute atomic E-state index is 13.1. The summed E-state index contributed by atoms with van der Waals surface area (Å²) in [4.78, 5) is 0. The van der Waals surface area contributed by atoms with Crippen LogP contribution in [-0.4, -0.2) is 5.11 Å². The van der Waals surface area contributed by atoms with Crippen molar-refractivity contribution in [1.82, 2.24) is 0 Å². The van der Waals surface area contributed by atoms with Crippen molar-refractivity contribution >= 4 is 0 Å². The lowest BCUT2D eigenvalue weighted by Crippen LogP contribution is -2.12. The highest BCUT2D eigenvalue weighted by atomic mass is 19.1. The summed E-state index contributed by atoms with van der Waals surface area (Å²) >= 11 is 0. The van der Waals surface area contributed by atoms with Crippen LogP contribution in [0.4, 0.5) is 8.78 Å². The van der Waals surface area contributed by atoms with Crippen molar-refractivity contribution in [3.8, 4) is 11.8 Å². The first-order chi connectivity index (χ1) is 6.57. The first kappa shape index (κ1) is 10.4. The molecule has 0 aliphatic carbocycles. The molecule has 5 heteroatoms. The van der Waals surface area contributed by atoms with Gasteiger partial charge in [-0.15, -0.1) is 0 Å². The van der Waals surface area contributed by atoms with Crippen molar-refractivity contribution in [3.05, 3.63) is 29.3 Å². The quantitative estimate of drug-likeness (QED) is 0.757. The van der Waals surface area contributed by atoms with E-state index in [0.717, 1.165) is 12.1 Å². The van der Waals surface area contributed by atoms with Crippen LogP contribution in [0.25, 0.3) is 0 Å². The zero-order valence-electron chi connectivity index (χ0n) is 7.17. The van der Waals surface area contributed by atoms with Crippen LogP contribution < -0.4 is 5.73 Å². The van der Waals surface area contributed by atoms with Gasteiger partial charge in [0.2, 0.25) is 0 Å². The van der Waals surface area contributed by atoms with Crippen molar-refractivity contribution < 1.29 is 13.9 Å². The second kappa shape index (κ2) is 4.03. The molecule has 1 rings (SSSR count). The molecule has 3 nitrogen and oxygen atoms in total. The Morgan fingerprint density at radius 2 is 2.00 bits per heavy atom. The van der Waals surface area contributed by atoms with E-state index in [0.29, 0.717) is 0 Å². The molecule has 0 aromatic heterocycles. The highest BCUT2D eigenvalue weighted by Crippen LogP contribution is 2.29. The number of phenolic OH excluding ortho intramolecular Hbond substituents is 1. The van der Waals surface area contributed by atoms with Crippen LogP contribution in [0.2, 0.25) is 0 Å². The number of nitrogens with two attached hydrogens (primary N) is 1. The highest BCUT2D eigenvalue weighted by Gasteiger charge is 2.18. The summed E-state index contributed by atoms with van der Waals surface area (Å²) in [5, 5.41) is 17.5. The van der Waals surface area contributed by atoms with Gasteiger partial charge in [0.05, 0.1) is 18.1 Å². The second-order valence-electron chi connectivity index (χ2n) is 2.76. The van der Waals surface area contributed by atoms with Gasteiger partial charge >= 0.3 is 0 Å². The first-order valence-electron chi connectivity index (χ1n) is 3.87. The largest absolute Gasteiger partial charge is 0.505 e. The number of rotatable bonds is 2. The lowest BCUT2D eigenvalue weighted by atomic mass is 10.0. The summed E-state index contributed by atoms with van der Waals surface area (Å²) in [7, 11) is 0. The Bertz CT molecular complexity index is 387. The number of hydrogen-bond donors (Lipinski definition) is 2. The van der Waals surface area contributed by atoms with Gasteiger partial charge in [-0.05, 0) is 12.1 Å². The van der Waals surface area contributed by atoms with Gasteiger partial charge in [-0.1, -0.05) is 0 Å². The number of hydrogen-bond acceptors (Lipinski definition) is 3. The molecule has 0 amide bonds. The van der Waals surface area contributed by atoms with Crippen LogP contribution in [-0.2, 0) is 0 Å². The van der Waals surface area contributed by atoms with Crippen LogP contribution >= 0.6 is 0 Å². The number of nitrogens with zero attached hydrogens (tertiary/aromatic N) is 1. The van der Waals surface area contributed by atoms with E-state index in [2.05, 4.69) is 0 Å². The Morgan fingerprint density at radius 3 is 2.57 bits per heavy atom. The molecular formula is C9H8F2N2O. The van der Waals surface area contributed by atoms with Gasteiger partial charge in [0.1, 0.15) is 5.82 Å². The third-order valence-corrected chi connectivity index (χ3v) is 1.80. The van der Waals surface area contributed by atoms with Crippen molar-refractivity contribution in [2.45, 2.75) is 12.5 Å². The topological polar surface area (TPSA) is 70.0 Å². The minimum atomic E-state index is -1.02. The van der Waals surface area contributed by atoms with Crippen molar-refractivity contribution in [2.24, 2.45) is 5.73 Å². The normalized spacial score (nSPS) is 12.1. The number of benzene rings is 1. The first-order valence-corrected chi connectivity index (χ1v) is 3.87. The van der Waals surface area contributed by atoms with E-state index in [1.54, 1.807) is 6.07 Å². The SMILES string of the molecule is N#CC[C@H](N)c1c(F)ccc(F)c1O. The molecule has 3 N–H and O–H groups in total. The van der Waals surface area contributed by atoms with E-state index in [1.165, 1.54) is 0 Å². The Hall–Kier alpha value is -1.67. The van der Waals surface area contributed by atoms with Crippen LogP contribution in [0.15, 0.2) is 12.1 Å². The number of aromatic hydroxyl groups is 1. The fourth-order valence-corrected chi connectivity index (χ4v) is 1.11. The molecule has 0 bridgehead atoms. The van der Waals surface area contributed by atoms with Crippen LogP contribution in [0, 0.1) is 23.0 Å². The van der Waals surface area contributed by atoms with Gasteiger partial charge in [-0.25, -0.2) is 8.78 Å². The molecule has 0 spiro atoms. The van der Waals surface area contributed by atoms with E-state index in [1.807, 2.05) is 0 Å². The minimum Gasteiger partial charge on any atom is -0.505 e. The van der Waals surface area contributed by atoms with Gasteiger partial charge < -0.3 is 10.8 Å². The zero-order valence-corrected chi connectivity index (χ0v) is 7.17. The fraction of sp³-hybridized carbons (Fsp3) is 0.222. The Kier molecular flexibility index (Phi) is 2.99. The third-order valence-electron chi connectivity index (χ3n) is 1.80. The maximum atomic E-state index is 13.1. The van der Waals surface area contributed by atoms with Gasteiger partial charge in [-0.2, -0.15) is 5.26 Å². The van der Waals surface area contributed by atoms with Crippen LogP contribution in [0.3, 0.4) is 0 Å². The highest BCUT2D eigenvalue weighted by molar-refractivity contribution is 5.37. The fourth-order valence-electron chi connectivity index (χ4n) is 1.11. The molecule has 74 valence electrons. The Morgan fingerprint density at radius 1 is 1.43 bits per heavy atom.